The lowest BCUT2D eigenvalue weighted by atomic mass is 9.89. The fourth-order valence-corrected chi connectivity index (χ4v) is 3.60. The number of likely N-dealkylation sites (tertiary alicyclic amines) is 1. The summed E-state index contributed by atoms with van der Waals surface area (Å²) >= 11 is 0. The Morgan fingerprint density at radius 3 is 2.82 bits per heavy atom. The molecule has 120 valence electrons. The van der Waals surface area contributed by atoms with Gasteiger partial charge in [0.15, 0.2) is 0 Å². The Morgan fingerprint density at radius 2 is 2.09 bits per heavy atom. The Labute approximate surface area is 131 Å². The molecule has 3 rings (SSSR count). The van der Waals surface area contributed by atoms with Crippen LogP contribution >= 0.6 is 0 Å². The molecule has 0 radical (unpaired) electrons. The number of anilines is 2. The van der Waals surface area contributed by atoms with Crippen molar-refractivity contribution in [2.45, 2.75) is 51.5 Å². The van der Waals surface area contributed by atoms with E-state index >= 15 is 0 Å². The number of carbonyl (C=O) groups excluding carboxylic acids is 1. The zero-order valence-corrected chi connectivity index (χ0v) is 13.2. The highest BCUT2D eigenvalue weighted by Crippen LogP contribution is 2.26. The number of nitrogens with zero attached hydrogens (tertiary/aromatic N) is 3. The van der Waals surface area contributed by atoms with Crippen molar-refractivity contribution in [3.05, 3.63) is 11.8 Å². The van der Waals surface area contributed by atoms with E-state index in [1.54, 1.807) is 0 Å². The summed E-state index contributed by atoms with van der Waals surface area (Å²) in [6.07, 6.45) is 7.05. The molecule has 1 aromatic heterocycles. The Balaban J connectivity index is 1.56. The molecule has 1 amide bonds. The monoisotopic (exact) mass is 303 g/mol. The SMILES string of the molecule is Cc1cc(N[C@@H]2CC(=O)N(CC3CCCCC3)C2)nc(N)n1. The summed E-state index contributed by atoms with van der Waals surface area (Å²) in [5.41, 5.74) is 6.50. The fourth-order valence-electron chi connectivity index (χ4n) is 3.60. The van der Waals surface area contributed by atoms with Gasteiger partial charge in [0.2, 0.25) is 11.9 Å². The number of nitrogens with one attached hydrogen (secondary N) is 1. The quantitative estimate of drug-likeness (QED) is 0.888. The molecule has 0 unspecified atom stereocenters. The maximum absolute atomic E-state index is 12.2. The fraction of sp³-hybridized carbons (Fsp3) is 0.688. The van der Waals surface area contributed by atoms with Crippen molar-refractivity contribution in [3.63, 3.8) is 0 Å². The summed E-state index contributed by atoms with van der Waals surface area (Å²) in [4.78, 5) is 22.5. The van der Waals surface area contributed by atoms with Crippen LogP contribution in [0.3, 0.4) is 0 Å². The van der Waals surface area contributed by atoms with Crippen molar-refractivity contribution in [1.82, 2.24) is 14.9 Å². The number of nitrogens with two attached hydrogens (primary N) is 1. The minimum atomic E-state index is 0.116. The van der Waals surface area contributed by atoms with E-state index < -0.39 is 0 Å². The highest BCUT2D eigenvalue weighted by atomic mass is 16.2. The van der Waals surface area contributed by atoms with Crippen molar-refractivity contribution < 1.29 is 4.79 Å². The molecule has 0 bridgehead atoms. The highest BCUT2D eigenvalue weighted by Gasteiger charge is 2.31. The average molecular weight is 303 g/mol. The van der Waals surface area contributed by atoms with Gasteiger partial charge >= 0.3 is 0 Å². The minimum Gasteiger partial charge on any atom is -0.368 e. The van der Waals surface area contributed by atoms with Crippen molar-refractivity contribution in [2.75, 3.05) is 24.1 Å². The molecule has 3 N–H and O–H groups in total. The first-order valence-electron chi connectivity index (χ1n) is 8.25. The summed E-state index contributed by atoms with van der Waals surface area (Å²) < 4.78 is 0. The summed E-state index contributed by atoms with van der Waals surface area (Å²) in [7, 11) is 0. The summed E-state index contributed by atoms with van der Waals surface area (Å²) in [6, 6.07) is 1.98. The van der Waals surface area contributed by atoms with Gasteiger partial charge in [-0.15, -0.1) is 0 Å². The molecular weight excluding hydrogens is 278 g/mol. The van der Waals surface area contributed by atoms with Gasteiger partial charge in [-0.2, -0.15) is 4.98 Å². The Bertz CT molecular complexity index is 521. The average Bonchev–Trinajstić information content (AvgIpc) is 2.78. The Hall–Kier alpha value is -1.85. The molecule has 1 aliphatic heterocycles. The van der Waals surface area contributed by atoms with Gasteiger partial charge in [-0.25, -0.2) is 4.98 Å². The lowest BCUT2D eigenvalue weighted by Crippen LogP contribution is -2.33. The van der Waals surface area contributed by atoms with Crippen LogP contribution in [0.1, 0.15) is 44.2 Å². The summed E-state index contributed by atoms with van der Waals surface area (Å²) in [5.74, 6) is 1.92. The van der Waals surface area contributed by atoms with Gasteiger partial charge < -0.3 is 16.0 Å². The molecule has 1 aliphatic carbocycles. The molecule has 2 aliphatic rings. The van der Waals surface area contributed by atoms with Gasteiger partial charge in [-0.3, -0.25) is 4.79 Å². The summed E-state index contributed by atoms with van der Waals surface area (Å²) in [5, 5.41) is 3.33. The van der Waals surface area contributed by atoms with Crippen molar-refractivity contribution in [3.8, 4) is 0 Å². The lowest BCUT2D eigenvalue weighted by Gasteiger charge is -2.27. The number of amides is 1. The normalized spacial score (nSPS) is 23.0. The zero-order valence-electron chi connectivity index (χ0n) is 13.2. The van der Waals surface area contributed by atoms with Crippen LogP contribution in [0.25, 0.3) is 0 Å². The summed E-state index contributed by atoms with van der Waals surface area (Å²) in [6.45, 7) is 3.57. The van der Waals surface area contributed by atoms with E-state index in [1.165, 1.54) is 32.1 Å². The van der Waals surface area contributed by atoms with E-state index in [4.69, 9.17) is 5.73 Å². The number of aryl methyl sites for hydroxylation is 1. The molecule has 1 atom stereocenters. The van der Waals surface area contributed by atoms with Crippen LogP contribution in [0.4, 0.5) is 11.8 Å². The Kier molecular flexibility index (Phi) is 4.45. The van der Waals surface area contributed by atoms with E-state index in [-0.39, 0.29) is 17.9 Å². The van der Waals surface area contributed by atoms with E-state index in [1.807, 2.05) is 17.9 Å². The van der Waals surface area contributed by atoms with E-state index in [9.17, 15) is 4.79 Å². The number of nitrogen functional groups attached to an aromatic ring is 1. The predicted octanol–water partition coefficient (Wildman–Crippen LogP) is 1.96. The Morgan fingerprint density at radius 1 is 1.32 bits per heavy atom. The second kappa shape index (κ2) is 6.50. The number of rotatable bonds is 4. The second-order valence-electron chi connectivity index (χ2n) is 6.60. The second-order valence-corrected chi connectivity index (χ2v) is 6.60. The van der Waals surface area contributed by atoms with Gasteiger partial charge in [0.1, 0.15) is 5.82 Å². The van der Waals surface area contributed by atoms with Crippen LogP contribution in [-0.2, 0) is 4.79 Å². The first kappa shape index (κ1) is 15.1. The molecule has 1 aromatic rings. The molecule has 1 saturated carbocycles. The number of hydrogen-bond donors (Lipinski definition) is 2. The van der Waals surface area contributed by atoms with Crippen molar-refractivity contribution in [2.24, 2.45) is 5.92 Å². The number of aromatic nitrogens is 2. The van der Waals surface area contributed by atoms with Gasteiger partial charge in [-0.1, -0.05) is 19.3 Å². The molecule has 0 spiro atoms. The van der Waals surface area contributed by atoms with E-state index in [0.29, 0.717) is 18.2 Å². The first-order valence-corrected chi connectivity index (χ1v) is 8.25. The highest BCUT2D eigenvalue weighted by molar-refractivity contribution is 5.80. The molecule has 1 saturated heterocycles. The topological polar surface area (TPSA) is 84.1 Å². The van der Waals surface area contributed by atoms with Gasteiger partial charge in [0, 0.05) is 31.3 Å². The zero-order chi connectivity index (χ0) is 15.5. The van der Waals surface area contributed by atoms with Crippen LogP contribution in [0.5, 0.6) is 0 Å². The standard InChI is InChI=1S/C16H25N5O/c1-11-7-14(20-16(17)18-11)19-13-8-15(22)21(10-13)9-12-5-3-2-4-6-12/h7,12-13H,2-6,8-10H2,1H3,(H3,17,18,19,20)/t13-/m1/s1. The third-order valence-corrected chi connectivity index (χ3v) is 4.64. The van der Waals surface area contributed by atoms with Gasteiger partial charge in [-0.05, 0) is 25.7 Å². The minimum absolute atomic E-state index is 0.116. The van der Waals surface area contributed by atoms with Gasteiger partial charge in [0.25, 0.3) is 0 Å². The third kappa shape index (κ3) is 3.67. The first-order chi connectivity index (χ1) is 10.6. The largest absolute Gasteiger partial charge is 0.368 e. The lowest BCUT2D eigenvalue weighted by molar-refractivity contribution is -0.128. The molecule has 2 fully saturated rings. The van der Waals surface area contributed by atoms with Crippen LogP contribution in [0.15, 0.2) is 6.07 Å². The predicted molar refractivity (Wildman–Crippen MR) is 86.4 cm³/mol. The van der Waals surface area contributed by atoms with Crippen LogP contribution in [0.2, 0.25) is 0 Å². The molecule has 2 heterocycles. The smallest absolute Gasteiger partial charge is 0.224 e. The van der Waals surface area contributed by atoms with Crippen LogP contribution in [-0.4, -0.2) is 39.9 Å². The third-order valence-electron chi connectivity index (χ3n) is 4.64. The number of hydrogen-bond acceptors (Lipinski definition) is 5. The van der Waals surface area contributed by atoms with E-state index in [0.717, 1.165) is 18.8 Å². The van der Waals surface area contributed by atoms with E-state index in [2.05, 4.69) is 15.3 Å². The molecule has 6 heteroatoms. The molecule has 22 heavy (non-hydrogen) atoms. The number of carbonyl (C=O) groups is 1. The molecule has 0 aromatic carbocycles. The maximum Gasteiger partial charge on any atom is 0.224 e. The maximum atomic E-state index is 12.2. The molecule has 6 nitrogen and oxygen atoms in total. The van der Waals surface area contributed by atoms with Crippen molar-refractivity contribution in [1.29, 1.82) is 0 Å². The van der Waals surface area contributed by atoms with Crippen molar-refractivity contribution >= 4 is 17.7 Å². The van der Waals surface area contributed by atoms with Crippen LogP contribution < -0.4 is 11.1 Å². The van der Waals surface area contributed by atoms with Crippen LogP contribution in [0, 0.1) is 12.8 Å². The molecular formula is C16H25N5O. The van der Waals surface area contributed by atoms with Gasteiger partial charge in [0.05, 0.1) is 6.04 Å².